The Morgan fingerprint density at radius 1 is 1.45 bits per heavy atom. The molecule has 1 N–H and O–H groups in total. The molecule has 0 aromatic heterocycles. The molecule has 0 spiro atoms. The minimum Gasteiger partial charge on any atom is -0.359 e. The second-order valence-electron chi connectivity index (χ2n) is 4.07. The first-order valence-corrected chi connectivity index (χ1v) is 6.14. The van der Waals surface area contributed by atoms with Gasteiger partial charge in [-0.3, -0.25) is 19.7 Å². The number of halogens is 1. The van der Waals surface area contributed by atoms with Crippen molar-refractivity contribution in [2.45, 2.75) is 6.42 Å². The molecule has 7 nitrogen and oxygen atoms in total. The van der Waals surface area contributed by atoms with Crippen LogP contribution in [0, 0.1) is 10.1 Å². The third-order valence-electron chi connectivity index (χ3n) is 2.69. The van der Waals surface area contributed by atoms with Crippen LogP contribution in [0.15, 0.2) is 18.2 Å². The molecule has 8 heteroatoms. The lowest BCUT2D eigenvalue weighted by Gasteiger charge is -2.16. The van der Waals surface area contributed by atoms with Gasteiger partial charge in [-0.15, -0.1) is 0 Å². The van der Waals surface area contributed by atoms with Crippen LogP contribution in [-0.4, -0.2) is 42.3 Å². The van der Waals surface area contributed by atoms with Gasteiger partial charge in [0, 0.05) is 38.7 Å². The van der Waals surface area contributed by atoms with E-state index in [4.69, 9.17) is 11.6 Å². The summed E-state index contributed by atoms with van der Waals surface area (Å²) in [6.45, 7) is 0.217. The number of nitrogens with one attached hydrogen (secondary N) is 1. The van der Waals surface area contributed by atoms with Crippen LogP contribution in [0.1, 0.15) is 16.8 Å². The predicted molar refractivity (Wildman–Crippen MR) is 73.8 cm³/mol. The van der Waals surface area contributed by atoms with Gasteiger partial charge in [-0.2, -0.15) is 0 Å². The fourth-order valence-electron chi connectivity index (χ4n) is 1.50. The van der Waals surface area contributed by atoms with E-state index in [0.29, 0.717) is 0 Å². The Bertz CT molecular complexity index is 548. The van der Waals surface area contributed by atoms with Gasteiger partial charge >= 0.3 is 0 Å². The molecule has 0 radical (unpaired) electrons. The molecule has 108 valence electrons. The fraction of sp³-hybridized carbons (Fsp3) is 0.333. The number of hydrogen-bond acceptors (Lipinski definition) is 4. The first-order chi connectivity index (χ1) is 9.36. The number of nitro groups is 1. The van der Waals surface area contributed by atoms with Crippen LogP contribution in [0.25, 0.3) is 0 Å². The number of nitrogens with zero attached hydrogens (tertiary/aromatic N) is 2. The zero-order valence-electron chi connectivity index (χ0n) is 11.1. The molecule has 0 unspecified atom stereocenters. The van der Waals surface area contributed by atoms with E-state index < -0.39 is 10.8 Å². The van der Waals surface area contributed by atoms with Crippen LogP contribution in [0.5, 0.6) is 0 Å². The lowest BCUT2D eigenvalue weighted by molar-refractivity contribution is -0.384. The smallest absolute Gasteiger partial charge is 0.288 e. The minimum absolute atomic E-state index is 0.0282. The van der Waals surface area contributed by atoms with Gasteiger partial charge in [0.1, 0.15) is 5.02 Å². The SMILES string of the molecule is CNC(=O)CCN(C)C(=O)c1ccc(Cl)c([N+](=O)[O-])c1. The van der Waals surface area contributed by atoms with Gasteiger partial charge in [-0.05, 0) is 12.1 Å². The summed E-state index contributed by atoms with van der Waals surface area (Å²) in [6, 6.07) is 3.84. The Balaban J connectivity index is 2.84. The molecule has 0 saturated heterocycles. The number of benzene rings is 1. The molecule has 2 amide bonds. The molecular formula is C12H14ClN3O4. The molecule has 0 atom stereocenters. The van der Waals surface area contributed by atoms with Crippen molar-refractivity contribution in [1.29, 1.82) is 0 Å². The second-order valence-corrected chi connectivity index (χ2v) is 4.48. The van der Waals surface area contributed by atoms with Gasteiger partial charge in [-0.1, -0.05) is 11.6 Å². The normalized spacial score (nSPS) is 9.95. The zero-order valence-corrected chi connectivity index (χ0v) is 11.8. The van der Waals surface area contributed by atoms with E-state index in [-0.39, 0.29) is 35.1 Å². The molecule has 0 saturated carbocycles. The summed E-state index contributed by atoms with van der Waals surface area (Å²) >= 11 is 5.68. The van der Waals surface area contributed by atoms with Crippen molar-refractivity contribution in [3.05, 3.63) is 38.9 Å². The predicted octanol–water partition coefficient (Wildman–Crippen LogP) is 1.46. The van der Waals surface area contributed by atoms with E-state index in [9.17, 15) is 19.7 Å². The molecule has 0 bridgehead atoms. The van der Waals surface area contributed by atoms with E-state index in [2.05, 4.69) is 5.32 Å². The summed E-state index contributed by atoms with van der Waals surface area (Å²) in [7, 11) is 3.03. The van der Waals surface area contributed by atoms with Crippen LogP contribution in [0.4, 0.5) is 5.69 Å². The lowest BCUT2D eigenvalue weighted by atomic mass is 10.1. The molecule has 1 aromatic carbocycles. The van der Waals surface area contributed by atoms with Gasteiger partial charge < -0.3 is 10.2 Å². The van der Waals surface area contributed by atoms with Crippen molar-refractivity contribution in [2.24, 2.45) is 0 Å². The van der Waals surface area contributed by atoms with Crippen LogP contribution >= 0.6 is 11.6 Å². The maximum absolute atomic E-state index is 12.1. The molecule has 0 aliphatic carbocycles. The van der Waals surface area contributed by atoms with Crippen LogP contribution in [0.3, 0.4) is 0 Å². The first kappa shape index (κ1) is 15.9. The molecule has 0 aliphatic rings. The van der Waals surface area contributed by atoms with Crippen molar-refractivity contribution in [3.63, 3.8) is 0 Å². The van der Waals surface area contributed by atoms with Gasteiger partial charge in [-0.25, -0.2) is 0 Å². The Labute approximate surface area is 120 Å². The quantitative estimate of drug-likeness (QED) is 0.658. The number of hydrogen-bond donors (Lipinski definition) is 1. The van der Waals surface area contributed by atoms with Gasteiger partial charge in [0.15, 0.2) is 0 Å². The molecular weight excluding hydrogens is 286 g/mol. The van der Waals surface area contributed by atoms with Crippen LogP contribution in [0.2, 0.25) is 5.02 Å². The highest BCUT2D eigenvalue weighted by atomic mass is 35.5. The highest BCUT2D eigenvalue weighted by Gasteiger charge is 2.18. The summed E-state index contributed by atoms with van der Waals surface area (Å²) in [5.41, 5.74) is -0.169. The third-order valence-corrected chi connectivity index (χ3v) is 3.01. The first-order valence-electron chi connectivity index (χ1n) is 5.76. The average molecular weight is 300 g/mol. The largest absolute Gasteiger partial charge is 0.359 e. The van der Waals surface area contributed by atoms with Crippen molar-refractivity contribution in [2.75, 3.05) is 20.6 Å². The van der Waals surface area contributed by atoms with E-state index in [1.807, 2.05) is 0 Å². The highest BCUT2D eigenvalue weighted by Crippen LogP contribution is 2.25. The maximum atomic E-state index is 12.1. The van der Waals surface area contributed by atoms with Gasteiger partial charge in [0.2, 0.25) is 5.91 Å². The van der Waals surface area contributed by atoms with E-state index in [1.54, 1.807) is 0 Å². The summed E-state index contributed by atoms with van der Waals surface area (Å²) in [4.78, 5) is 34.6. The summed E-state index contributed by atoms with van der Waals surface area (Å²) in [5.74, 6) is -0.597. The van der Waals surface area contributed by atoms with Crippen LogP contribution < -0.4 is 5.32 Å². The lowest BCUT2D eigenvalue weighted by Crippen LogP contribution is -2.31. The molecule has 20 heavy (non-hydrogen) atoms. The van der Waals surface area contributed by atoms with Crippen molar-refractivity contribution in [1.82, 2.24) is 10.2 Å². The Morgan fingerprint density at radius 3 is 2.65 bits per heavy atom. The van der Waals surface area contributed by atoms with Crippen molar-refractivity contribution >= 4 is 29.1 Å². The topological polar surface area (TPSA) is 92.6 Å². The summed E-state index contributed by atoms with van der Waals surface area (Å²) in [5, 5.41) is 13.2. The van der Waals surface area contributed by atoms with E-state index in [0.717, 1.165) is 6.07 Å². The summed E-state index contributed by atoms with van der Waals surface area (Å²) < 4.78 is 0. The number of carbonyl (C=O) groups is 2. The monoisotopic (exact) mass is 299 g/mol. The van der Waals surface area contributed by atoms with Crippen LogP contribution in [-0.2, 0) is 4.79 Å². The molecule has 0 heterocycles. The average Bonchev–Trinajstić information content (AvgIpc) is 2.43. The number of carbonyl (C=O) groups excluding carboxylic acids is 2. The number of amides is 2. The number of nitro benzene ring substituents is 1. The molecule has 1 aromatic rings. The Kier molecular flexibility index (Phi) is 5.45. The van der Waals surface area contributed by atoms with Crippen molar-refractivity contribution in [3.8, 4) is 0 Å². The van der Waals surface area contributed by atoms with E-state index >= 15 is 0 Å². The second kappa shape index (κ2) is 6.85. The van der Waals surface area contributed by atoms with Gasteiger partial charge in [0.05, 0.1) is 4.92 Å². The van der Waals surface area contributed by atoms with Gasteiger partial charge in [0.25, 0.3) is 11.6 Å². The third kappa shape index (κ3) is 3.92. The molecule has 0 fully saturated rings. The molecule has 0 aliphatic heterocycles. The maximum Gasteiger partial charge on any atom is 0.288 e. The highest BCUT2D eigenvalue weighted by molar-refractivity contribution is 6.32. The Morgan fingerprint density at radius 2 is 2.10 bits per heavy atom. The summed E-state index contributed by atoms with van der Waals surface area (Å²) in [6.07, 6.45) is 0.161. The molecule has 1 rings (SSSR count). The minimum atomic E-state index is -0.649. The van der Waals surface area contributed by atoms with Crippen molar-refractivity contribution < 1.29 is 14.5 Å². The van der Waals surface area contributed by atoms with E-state index in [1.165, 1.54) is 31.1 Å². The standard InChI is InChI=1S/C12H14ClN3O4/c1-14-11(17)5-6-15(2)12(18)8-3-4-9(13)10(7-8)16(19)20/h3-4,7H,5-6H2,1-2H3,(H,14,17). The number of rotatable bonds is 5. The Hall–Kier alpha value is -2.15. The zero-order chi connectivity index (χ0) is 15.3. The fourth-order valence-corrected chi connectivity index (χ4v) is 1.69.